The van der Waals surface area contributed by atoms with E-state index in [1.165, 1.54) is 0 Å². The van der Waals surface area contributed by atoms with Crippen molar-refractivity contribution in [3.05, 3.63) is 36.7 Å². The molecule has 0 aliphatic heterocycles. The van der Waals surface area contributed by atoms with E-state index >= 15 is 0 Å². The normalized spacial score (nSPS) is 19.5. The van der Waals surface area contributed by atoms with Crippen LogP contribution in [0.1, 0.15) is 46.0 Å². The molecule has 8 nitrogen and oxygen atoms in total. The highest BCUT2D eigenvalue weighted by Crippen LogP contribution is 2.33. The molecule has 0 saturated heterocycles. The summed E-state index contributed by atoms with van der Waals surface area (Å²) in [4.78, 5) is 9.08. The van der Waals surface area contributed by atoms with E-state index in [9.17, 15) is 5.11 Å². The minimum Gasteiger partial charge on any atom is -0.493 e. The van der Waals surface area contributed by atoms with Gasteiger partial charge in [-0.25, -0.2) is 9.67 Å². The quantitative estimate of drug-likeness (QED) is 0.476. The van der Waals surface area contributed by atoms with Crippen molar-refractivity contribution in [2.75, 3.05) is 18.5 Å². The number of benzene rings is 1. The first-order valence-electron chi connectivity index (χ1n) is 11.0. The number of aliphatic hydroxyl groups is 2. The Hall–Kier alpha value is -2.71. The van der Waals surface area contributed by atoms with Crippen molar-refractivity contribution in [2.24, 2.45) is 5.92 Å². The van der Waals surface area contributed by atoms with Crippen LogP contribution in [-0.4, -0.2) is 54.8 Å². The van der Waals surface area contributed by atoms with Gasteiger partial charge in [-0.2, -0.15) is 10.1 Å². The van der Waals surface area contributed by atoms with Crippen LogP contribution >= 0.6 is 0 Å². The second-order valence-electron chi connectivity index (χ2n) is 8.76. The average Bonchev–Trinajstić information content (AvgIpc) is 3.19. The zero-order valence-electron chi connectivity index (χ0n) is 18.2. The van der Waals surface area contributed by atoms with Gasteiger partial charge in [-0.1, -0.05) is 6.07 Å². The van der Waals surface area contributed by atoms with Gasteiger partial charge in [-0.05, 0) is 57.6 Å². The van der Waals surface area contributed by atoms with Gasteiger partial charge in [0.2, 0.25) is 5.95 Å². The van der Waals surface area contributed by atoms with Crippen molar-refractivity contribution in [3.8, 4) is 11.6 Å². The SMILES string of the molecule is CC(C)(O)[C@H]1CC[C@H](Nc2nccc(-n3ncc4c(OCCCO)cccc43)n2)CC1. The lowest BCUT2D eigenvalue weighted by atomic mass is 9.77. The van der Waals surface area contributed by atoms with Crippen molar-refractivity contribution in [3.63, 3.8) is 0 Å². The Morgan fingerprint density at radius 3 is 2.74 bits per heavy atom. The summed E-state index contributed by atoms with van der Waals surface area (Å²) >= 11 is 0. The molecule has 166 valence electrons. The first kappa shape index (κ1) is 21.5. The molecule has 1 fully saturated rings. The summed E-state index contributed by atoms with van der Waals surface area (Å²) in [6.07, 6.45) is 8.05. The summed E-state index contributed by atoms with van der Waals surface area (Å²) in [7, 11) is 0. The maximum Gasteiger partial charge on any atom is 0.224 e. The number of hydrogen-bond donors (Lipinski definition) is 3. The summed E-state index contributed by atoms with van der Waals surface area (Å²) in [6.45, 7) is 4.36. The van der Waals surface area contributed by atoms with Gasteiger partial charge >= 0.3 is 0 Å². The fourth-order valence-electron chi connectivity index (χ4n) is 4.24. The number of anilines is 1. The third-order valence-electron chi connectivity index (χ3n) is 6.05. The number of fused-ring (bicyclic) bond motifs is 1. The molecule has 0 unspecified atom stereocenters. The molecule has 31 heavy (non-hydrogen) atoms. The molecular formula is C23H31N5O3. The second kappa shape index (κ2) is 9.20. The maximum atomic E-state index is 10.3. The number of rotatable bonds is 8. The third kappa shape index (κ3) is 4.97. The fraction of sp³-hybridized carbons (Fsp3) is 0.522. The molecule has 3 N–H and O–H groups in total. The van der Waals surface area contributed by atoms with Crippen molar-refractivity contribution >= 4 is 16.9 Å². The largest absolute Gasteiger partial charge is 0.493 e. The van der Waals surface area contributed by atoms with E-state index in [0.717, 1.165) is 42.3 Å². The average molecular weight is 426 g/mol. The minimum atomic E-state index is -0.622. The summed E-state index contributed by atoms with van der Waals surface area (Å²) in [6, 6.07) is 7.95. The first-order valence-corrected chi connectivity index (χ1v) is 11.0. The van der Waals surface area contributed by atoms with E-state index in [0.29, 0.717) is 36.8 Å². The topological polar surface area (TPSA) is 105 Å². The Kier molecular flexibility index (Phi) is 6.38. The first-order chi connectivity index (χ1) is 15.0. The molecule has 0 amide bonds. The number of aliphatic hydroxyl groups excluding tert-OH is 1. The lowest BCUT2D eigenvalue weighted by Gasteiger charge is -2.36. The monoisotopic (exact) mass is 425 g/mol. The molecule has 1 aliphatic carbocycles. The van der Waals surface area contributed by atoms with E-state index < -0.39 is 5.60 Å². The predicted molar refractivity (Wildman–Crippen MR) is 120 cm³/mol. The van der Waals surface area contributed by atoms with E-state index in [1.807, 2.05) is 38.1 Å². The highest BCUT2D eigenvalue weighted by molar-refractivity contribution is 5.86. The molecule has 0 atom stereocenters. The number of nitrogens with zero attached hydrogens (tertiary/aromatic N) is 4. The van der Waals surface area contributed by atoms with Gasteiger partial charge in [0.05, 0.1) is 29.3 Å². The highest BCUT2D eigenvalue weighted by Gasteiger charge is 2.31. The Labute approximate surface area is 182 Å². The van der Waals surface area contributed by atoms with Gasteiger partial charge in [-0.15, -0.1) is 0 Å². The molecule has 4 rings (SSSR count). The zero-order chi connectivity index (χ0) is 21.8. The third-order valence-corrected chi connectivity index (χ3v) is 6.05. The van der Waals surface area contributed by atoms with Crippen LogP contribution in [0.2, 0.25) is 0 Å². The molecule has 8 heteroatoms. The van der Waals surface area contributed by atoms with Crippen LogP contribution in [0.4, 0.5) is 5.95 Å². The fourth-order valence-corrected chi connectivity index (χ4v) is 4.24. The molecule has 1 saturated carbocycles. The molecule has 0 bridgehead atoms. The van der Waals surface area contributed by atoms with Crippen LogP contribution in [0.5, 0.6) is 5.75 Å². The standard InChI is InChI=1S/C23H31N5O3/c1-23(2,30)16-7-9-17(10-8-16)26-22-24-12-11-21(27-22)28-19-5-3-6-20(18(19)15-25-28)31-14-4-13-29/h3,5-6,11-12,15-17,29-30H,4,7-10,13-14H2,1-2H3,(H,24,26,27)/t16-,17-. The van der Waals surface area contributed by atoms with Gasteiger partial charge < -0.3 is 20.3 Å². The van der Waals surface area contributed by atoms with E-state index in [2.05, 4.69) is 20.4 Å². The Morgan fingerprint density at radius 2 is 2.00 bits per heavy atom. The Morgan fingerprint density at radius 1 is 1.19 bits per heavy atom. The van der Waals surface area contributed by atoms with Crippen LogP contribution in [0.25, 0.3) is 16.7 Å². The lowest BCUT2D eigenvalue weighted by molar-refractivity contribution is -0.000415. The van der Waals surface area contributed by atoms with Crippen LogP contribution in [0.3, 0.4) is 0 Å². The number of aromatic nitrogens is 4. The van der Waals surface area contributed by atoms with Crippen LogP contribution in [-0.2, 0) is 0 Å². The number of ether oxygens (including phenoxy) is 1. The van der Waals surface area contributed by atoms with Crippen molar-refractivity contribution in [1.82, 2.24) is 19.7 Å². The molecular weight excluding hydrogens is 394 g/mol. The van der Waals surface area contributed by atoms with Crippen molar-refractivity contribution < 1.29 is 14.9 Å². The van der Waals surface area contributed by atoms with Crippen LogP contribution in [0, 0.1) is 5.92 Å². The summed E-state index contributed by atoms with van der Waals surface area (Å²) in [5.41, 5.74) is 0.278. The zero-order valence-corrected chi connectivity index (χ0v) is 18.2. The maximum absolute atomic E-state index is 10.3. The molecule has 2 heterocycles. The lowest BCUT2D eigenvalue weighted by Crippen LogP contribution is -2.37. The molecule has 3 aromatic rings. The van der Waals surface area contributed by atoms with Gasteiger partial charge in [0.1, 0.15) is 5.75 Å². The van der Waals surface area contributed by atoms with Crippen LogP contribution < -0.4 is 10.1 Å². The number of nitrogens with one attached hydrogen (secondary N) is 1. The minimum absolute atomic E-state index is 0.103. The van der Waals surface area contributed by atoms with Crippen molar-refractivity contribution in [2.45, 2.75) is 57.6 Å². The van der Waals surface area contributed by atoms with Crippen LogP contribution in [0.15, 0.2) is 36.7 Å². The molecule has 0 spiro atoms. The summed E-state index contributed by atoms with van der Waals surface area (Å²) in [5, 5.41) is 28.1. The van der Waals surface area contributed by atoms with Crippen molar-refractivity contribution in [1.29, 1.82) is 0 Å². The summed E-state index contributed by atoms with van der Waals surface area (Å²) < 4.78 is 7.57. The van der Waals surface area contributed by atoms with Gasteiger partial charge in [0.25, 0.3) is 0 Å². The Bertz CT molecular complexity index is 1010. The smallest absolute Gasteiger partial charge is 0.224 e. The van der Waals surface area contributed by atoms with Gasteiger partial charge in [-0.3, -0.25) is 0 Å². The predicted octanol–water partition coefficient (Wildman–Crippen LogP) is 3.32. The van der Waals surface area contributed by atoms with E-state index in [4.69, 9.17) is 9.84 Å². The molecule has 2 aromatic heterocycles. The molecule has 1 aromatic carbocycles. The molecule has 1 aliphatic rings. The second-order valence-corrected chi connectivity index (χ2v) is 8.76. The summed E-state index contributed by atoms with van der Waals surface area (Å²) in [5.74, 6) is 2.35. The number of hydrogen-bond acceptors (Lipinski definition) is 7. The highest BCUT2D eigenvalue weighted by atomic mass is 16.5. The van der Waals surface area contributed by atoms with Gasteiger partial charge in [0.15, 0.2) is 5.82 Å². The van der Waals surface area contributed by atoms with E-state index in [1.54, 1.807) is 17.1 Å². The van der Waals surface area contributed by atoms with E-state index in [-0.39, 0.29) is 6.61 Å². The van der Waals surface area contributed by atoms with Gasteiger partial charge in [0, 0.05) is 31.3 Å². The molecule has 0 radical (unpaired) electrons. The Balaban J connectivity index is 1.49.